The molecule has 2 heteroatoms. The van der Waals surface area contributed by atoms with Crippen molar-refractivity contribution in [1.82, 2.24) is 5.32 Å². The predicted molar refractivity (Wildman–Crippen MR) is 64.9 cm³/mol. The molecule has 0 amide bonds. The average molecular weight is 196 g/mol. The highest BCUT2D eigenvalue weighted by molar-refractivity contribution is 5.98. The maximum atomic E-state index is 4.52. The number of nitrogens with zero attached hydrogens (tertiary/aromatic N) is 1. The van der Waals surface area contributed by atoms with Crippen LogP contribution in [0, 0.1) is 0 Å². The Hall–Kier alpha value is -0.790. The lowest BCUT2D eigenvalue weighted by atomic mass is 10.1. The van der Waals surface area contributed by atoms with Crippen molar-refractivity contribution in [3.63, 3.8) is 0 Å². The maximum absolute atomic E-state index is 4.52. The number of hydrogen-bond acceptors (Lipinski definition) is 2. The number of nitrogens with one attached hydrogen (secondary N) is 1. The van der Waals surface area contributed by atoms with E-state index in [1.807, 2.05) is 0 Å². The molecule has 0 saturated heterocycles. The molecule has 82 valence electrons. The summed E-state index contributed by atoms with van der Waals surface area (Å²) in [6.07, 6.45) is 0. The van der Waals surface area contributed by atoms with Crippen molar-refractivity contribution in [2.24, 2.45) is 4.99 Å². The van der Waals surface area contributed by atoms with E-state index < -0.39 is 0 Å². The van der Waals surface area contributed by atoms with Crippen LogP contribution in [0.15, 0.2) is 16.3 Å². The van der Waals surface area contributed by atoms with E-state index in [9.17, 15) is 0 Å². The van der Waals surface area contributed by atoms with Crippen molar-refractivity contribution in [1.29, 1.82) is 0 Å². The second kappa shape index (κ2) is 5.84. The van der Waals surface area contributed by atoms with E-state index in [4.69, 9.17) is 0 Å². The Kier molecular flexibility index (Phi) is 5.51. The molecule has 0 aliphatic carbocycles. The van der Waals surface area contributed by atoms with Gasteiger partial charge >= 0.3 is 0 Å². The van der Waals surface area contributed by atoms with Gasteiger partial charge in [0.25, 0.3) is 0 Å². The minimum Gasteiger partial charge on any atom is -0.386 e. The molecule has 0 aromatic heterocycles. The monoisotopic (exact) mass is 196 g/mol. The fraction of sp³-hybridized carbons (Fsp3) is 0.750. The summed E-state index contributed by atoms with van der Waals surface area (Å²) in [7, 11) is 0. The molecule has 0 heterocycles. The second-order valence-corrected chi connectivity index (χ2v) is 4.36. The van der Waals surface area contributed by atoms with Crippen LogP contribution in [0.25, 0.3) is 0 Å². The standard InChI is InChI=1S/C12H24N2/c1-8(2)13-11(6)10(5)12(7)14-9(3)4/h8-9,13H,1-7H3/b11-10-,14-12+. The fourth-order valence-corrected chi connectivity index (χ4v) is 1.30. The molecular weight excluding hydrogens is 172 g/mol. The highest BCUT2D eigenvalue weighted by Crippen LogP contribution is 2.05. The molecule has 0 atom stereocenters. The number of rotatable bonds is 4. The molecule has 0 aliphatic rings. The molecule has 0 radical (unpaired) electrons. The first-order valence-electron chi connectivity index (χ1n) is 5.33. The van der Waals surface area contributed by atoms with E-state index in [1.165, 1.54) is 11.3 Å². The van der Waals surface area contributed by atoms with Crippen LogP contribution in [-0.2, 0) is 0 Å². The minimum atomic E-state index is 0.372. The van der Waals surface area contributed by atoms with Crippen LogP contribution in [-0.4, -0.2) is 17.8 Å². The van der Waals surface area contributed by atoms with Crippen molar-refractivity contribution < 1.29 is 0 Å². The van der Waals surface area contributed by atoms with Crippen LogP contribution in [0.1, 0.15) is 48.5 Å². The molecule has 0 unspecified atom stereocenters. The Balaban J connectivity index is 4.64. The van der Waals surface area contributed by atoms with Gasteiger partial charge in [-0.2, -0.15) is 0 Å². The fourth-order valence-electron chi connectivity index (χ4n) is 1.30. The van der Waals surface area contributed by atoms with Crippen molar-refractivity contribution >= 4 is 5.71 Å². The van der Waals surface area contributed by atoms with Crippen LogP contribution in [0.2, 0.25) is 0 Å². The van der Waals surface area contributed by atoms with Gasteiger partial charge in [0.1, 0.15) is 0 Å². The van der Waals surface area contributed by atoms with Crippen LogP contribution >= 0.6 is 0 Å². The smallest absolute Gasteiger partial charge is 0.0446 e. The first kappa shape index (κ1) is 13.2. The first-order chi connectivity index (χ1) is 6.34. The van der Waals surface area contributed by atoms with E-state index in [0.29, 0.717) is 12.1 Å². The zero-order valence-electron chi connectivity index (χ0n) is 10.6. The third kappa shape index (κ3) is 5.05. The molecule has 0 aliphatic heterocycles. The zero-order chi connectivity index (χ0) is 11.3. The third-order valence-electron chi connectivity index (χ3n) is 2.06. The molecule has 1 N–H and O–H groups in total. The van der Waals surface area contributed by atoms with Gasteiger partial charge in [-0.15, -0.1) is 0 Å². The Morgan fingerprint density at radius 2 is 1.50 bits per heavy atom. The molecule has 0 aromatic carbocycles. The summed E-state index contributed by atoms with van der Waals surface area (Å²) in [5.41, 5.74) is 3.61. The lowest BCUT2D eigenvalue weighted by molar-refractivity contribution is 0.666. The van der Waals surface area contributed by atoms with Gasteiger partial charge in [-0.25, -0.2) is 0 Å². The molecule has 0 rings (SSSR count). The zero-order valence-corrected chi connectivity index (χ0v) is 10.6. The van der Waals surface area contributed by atoms with Crippen LogP contribution in [0.3, 0.4) is 0 Å². The van der Waals surface area contributed by atoms with Crippen molar-refractivity contribution in [3.8, 4) is 0 Å². The summed E-state index contributed by atoms with van der Waals surface area (Å²) in [6.45, 7) is 14.8. The van der Waals surface area contributed by atoms with E-state index in [0.717, 1.165) is 5.71 Å². The highest BCUT2D eigenvalue weighted by Gasteiger charge is 2.02. The average Bonchev–Trinajstić information content (AvgIpc) is 2.00. The van der Waals surface area contributed by atoms with Gasteiger partial charge in [0, 0.05) is 23.5 Å². The molecule has 0 fully saturated rings. The Morgan fingerprint density at radius 1 is 1.00 bits per heavy atom. The molecule has 0 saturated carbocycles. The lowest BCUT2D eigenvalue weighted by Crippen LogP contribution is -2.22. The van der Waals surface area contributed by atoms with Gasteiger partial charge in [0.15, 0.2) is 0 Å². The normalized spacial score (nSPS) is 14.8. The summed E-state index contributed by atoms with van der Waals surface area (Å²) in [6, 6.07) is 0.855. The van der Waals surface area contributed by atoms with E-state index in [2.05, 4.69) is 58.8 Å². The van der Waals surface area contributed by atoms with Gasteiger partial charge in [-0.3, -0.25) is 4.99 Å². The molecule has 0 bridgehead atoms. The van der Waals surface area contributed by atoms with Gasteiger partial charge in [-0.1, -0.05) is 0 Å². The second-order valence-electron chi connectivity index (χ2n) is 4.36. The van der Waals surface area contributed by atoms with Crippen molar-refractivity contribution in [2.45, 2.75) is 60.5 Å². The first-order valence-corrected chi connectivity index (χ1v) is 5.33. The third-order valence-corrected chi connectivity index (χ3v) is 2.06. The summed E-state index contributed by atoms with van der Waals surface area (Å²) in [5.74, 6) is 0. The maximum Gasteiger partial charge on any atom is 0.0446 e. The SMILES string of the molecule is C/C(NC(C)C)=C(C)/C(C)=N/C(C)C. The Bertz CT molecular complexity index is 235. The lowest BCUT2D eigenvalue weighted by Gasteiger charge is -2.14. The number of aliphatic imine (C=N–C) groups is 1. The molecule has 14 heavy (non-hydrogen) atoms. The number of allylic oxidation sites excluding steroid dienone is 2. The number of hydrogen-bond donors (Lipinski definition) is 1. The van der Waals surface area contributed by atoms with E-state index in [-0.39, 0.29) is 0 Å². The van der Waals surface area contributed by atoms with Crippen molar-refractivity contribution in [3.05, 3.63) is 11.3 Å². The van der Waals surface area contributed by atoms with Crippen molar-refractivity contribution in [2.75, 3.05) is 0 Å². The van der Waals surface area contributed by atoms with E-state index >= 15 is 0 Å². The predicted octanol–water partition coefficient (Wildman–Crippen LogP) is 3.15. The Morgan fingerprint density at radius 3 is 1.86 bits per heavy atom. The highest BCUT2D eigenvalue weighted by atomic mass is 14.9. The molecule has 0 spiro atoms. The summed E-state index contributed by atoms with van der Waals surface area (Å²) >= 11 is 0. The van der Waals surface area contributed by atoms with Gasteiger partial charge in [-0.05, 0) is 54.0 Å². The topological polar surface area (TPSA) is 24.4 Å². The van der Waals surface area contributed by atoms with Gasteiger partial charge in [0.05, 0.1) is 0 Å². The molecule has 0 aromatic rings. The Labute approximate surface area is 88.5 Å². The molecular formula is C12H24N2. The minimum absolute atomic E-state index is 0.372. The summed E-state index contributed by atoms with van der Waals surface area (Å²) < 4.78 is 0. The van der Waals surface area contributed by atoms with Gasteiger partial charge in [0.2, 0.25) is 0 Å². The largest absolute Gasteiger partial charge is 0.386 e. The van der Waals surface area contributed by atoms with Crippen LogP contribution in [0.5, 0.6) is 0 Å². The summed E-state index contributed by atoms with van der Waals surface area (Å²) in [5, 5.41) is 3.40. The van der Waals surface area contributed by atoms with Crippen LogP contribution in [0.4, 0.5) is 0 Å². The van der Waals surface area contributed by atoms with E-state index in [1.54, 1.807) is 0 Å². The summed E-state index contributed by atoms with van der Waals surface area (Å²) in [4.78, 5) is 4.52. The quantitative estimate of drug-likeness (QED) is 0.686. The van der Waals surface area contributed by atoms with Gasteiger partial charge < -0.3 is 5.32 Å². The van der Waals surface area contributed by atoms with Crippen LogP contribution < -0.4 is 5.32 Å². The molecule has 2 nitrogen and oxygen atoms in total.